The molecule has 0 saturated heterocycles. The van der Waals surface area contributed by atoms with Crippen LogP contribution in [0.15, 0.2) is 58.2 Å². The standard InChI is InChI=1S/C20H18N2O4S/c1-13(19(24)22-11-10-14-6-2-4-8-16(14)22)25-18(23)12-27-20-21-15-7-3-5-9-17(15)26-20/h2-9,13H,10-12H2,1H3/t13-/m1/s1. The highest BCUT2D eigenvalue weighted by Gasteiger charge is 2.29. The first kappa shape index (κ1) is 17.6. The molecule has 1 aliphatic rings. The summed E-state index contributed by atoms with van der Waals surface area (Å²) >= 11 is 1.15. The molecule has 0 fully saturated rings. The second-order valence-corrected chi connectivity index (χ2v) is 7.16. The molecule has 0 spiro atoms. The van der Waals surface area contributed by atoms with Gasteiger partial charge < -0.3 is 14.1 Å². The van der Waals surface area contributed by atoms with Gasteiger partial charge in [0.15, 0.2) is 11.7 Å². The van der Waals surface area contributed by atoms with E-state index in [-0.39, 0.29) is 11.7 Å². The number of ether oxygens (including phenoxy) is 1. The van der Waals surface area contributed by atoms with Gasteiger partial charge >= 0.3 is 5.97 Å². The summed E-state index contributed by atoms with van der Waals surface area (Å²) in [5.74, 6) is -0.656. The number of amides is 1. The molecule has 1 aliphatic heterocycles. The van der Waals surface area contributed by atoms with Crippen LogP contribution in [0.25, 0.3) is 11.1 Å². The highest BCUT2D eigenvalue weighted by molar-refractivity contribution is 7.99. The number of fused-ring (bicyclic) bond motifs is 2. The van der Waals surface area contributed by atoms with Crippen molar-refractivity contribution in [3.05, 3.63) is 54.1 Å². The lowest BCUT2D eigenvalue weighted by molar-refractivity contribution is -0.151. The van der Waals surface area contributed by atoms with Crippen LogP contribution in [0.2, 0.25) is 0 Å². The molecule has 0 saturated carbocycles. The lowest BCUT2D eigenvalue weighted by Gasteiger charge is -2.21. The van der Waals surface area contributed by atoms with Crippen LogP contribution in [0.5, 0.6) is 0 Å². The highest BCUT2D eigenvalue weighted by atomic mass is 32.2. The molecule has 1 amide bonds. The molecule has 0 aliphatic carbocycles. The number of carbonyl (C=O) groups is 2. The smallest absolute Gasteiger partial charge is 0.317 e. The molecular weight excluding hydrogens is 364 g/mol. The summed E-state index contributed by atoms with van der Waals surface area (Å²) in [5.41, 5.74) is 3.44. The van der Waals surface area contributed by atoms with Crippen molar-refractivity contribution >= 4 is 40.4 Å². The third kappa shape index (κ3) is 3.68. The largest absolute Gasteiger partial charge is 0.452 e. The Labute approximate surface area is 160 Å². The number of nitrogens with zero attached hydrogens (tertiary/aromatic N) is 2. The Morgan fingerprint density at radius 2 is 2.00 bits per heavy atom. The van der Waals surface area contributed by atoms with Gasteiger partial charge in [-0.3, -0.25) is 9.59 Å². The second-order valence-electron chi connectivity index (χ2n) is 6.24. The molecule has 3 aromatic rings. The van der Waals surface area contributed by atoms with Gasteiger partial charge in [0.25, 0.3) is 11.1 Å². The van der Waals surface area contributed by atoms with E-state index >= 15 is 0 Å². The van der Waals surface area contributed by atoms with E-state index in [0.29, 0.717) is 17.4 Å². The van der Waals surface area contributed by atoms with Crippen molar-refractivity contribution in [2.75, 3.05) is 17.2 Å². The number of benzene rings is 2. The van der Waals surface area contributed by atoms with Crippen molar-refractivity contribution in [3.8, 4) is 0 Å². The monoisotopic (exact) mass is 382 g/mol. The molecule has 0 bridgehead atoms. The van der Waals surface area contributed by atoms with E-state index in [9.17, 15) is 9.59 Å². The van der Waals surface area contributed by atoms with Crippen molar-refractivity contribution in [3.63, 3.8) is 0 Å². The fourth-order valence-corrected chi connectivity index (χ4v) is 3.72. The summed E-state index contributed by atoms with van der Waals surface area (Å²) in [6, 6.07) is 15.2. The van der Waals surface area contributed by atoms with Gasteiger partial charge in [-0.25, -0.2) is 4.98 Å². The first-order chi connectivity index (χ1) is 13.1. The van der Waals surface area contributed by atoms with E-state index in [1.54, 1.807) is 11.8 Å². The maximum atomic E-state index is 12.6. The summed E-state index contributed by atoms with van der Waals surface area (Å²) < 4.78 is 10.9. The summed E-state index contributed by atoms with van der Waals surface area (Å²) in [7, 11) is 0. The van der Waals surface area contributed by atoms with E-state index in [4.69, 9.17) is 9.15 Å². The topological polar surface area (TPSA) is 72.6 Å². The summed E-state index contributed by atoms with van der Waals surface area (Å²) in [6.45, 7) is 2.21. The Hall–Kier alpha value is -2.80. The average Bonchev–Trinajstić information content (AvgIpc) is 3.29. The van der Waals surface area contributed by atoms with Gasteiger partial charge in [0, 0.05) is 12.2 Å². The van der Waals surface area contributed by atoms with Crippen LogP contribution in [0, 0.1) is 0 Å². The zero-order valence-electron chi connectivity index (χ0n) is 14.8. The summed E-state index contributed by atoms with van der Waals surface area (Å²) in [4.78, 5) is 30.8. The third-order valence-electron chi connectivity index (χ3n) is 4.40. The van der Waals surface area contributed by atoms with Gasteiger partial charge in [-0.05, 0) is 37.1 Å². The molecular formula is C20H18N2O4S. The zero-order valence-corrected chi connectivity index (χ0v) is 15.6. The van der Waals surface area contributed by atoms with Crippen molar-refractivity contribution in [1.29, 1.82) is 0 Å². The van der Waals surface area contributed by atoms with Crippen LogP contribution in [0.1, 0.15) is 12.5 Å². The Morgan fingerprint density at radius 3 is 2.85 bits per heavy atom. The van der Waals surface area contributed by atoms with Crippen molar-refractivity contribution in [1.82, 2.24) is 4.98 Å². The molecule has 138 valence electrons. The fourth-order valence-electron chi connectivity index (χ4n) is 3.10. The number of thioether (sulfide) groups is 1. The first-order valence-electron chi connectivity index (χ1n) is 8.69. The predicted octanol–water partition coefficient (Wildman–Crippen LogP) is 3.44. The van der Waals surface area contributed by atoms with Crippen LogP contribution in [0.4, 0.5) is 5.69 Å². The van der Waals surface area contributed by atoms with E-state index in [0.717, 1.165) is 35.0 Å². The zero-order chi connectivity index (χ0) is 18.8. The molecule has 2 aromatic carbocycles. The Kier molecular flexibility index (Phi) is 4.85. The van der Waals surface area contributed by atoms with Crippen LogP contribution in [-0.4, -0.2) is 35.3 Å². The van der Waals surface area contributed by atoms with Gasteiger partial charge in [-0.15, -0.1) is 0 Å². The fraction of sp³-hybridized carbons (Fsp3) is 0.250. The van der Waals surface area contributed by atoms with E-state index in [1.807, 2.05) is 48.5 Å². The number of oxazole rings is 1. The molecule has 1 aromatic heterocycles. The second kappa shape index (κ2) is 7.44. The molecule has 27 heavy (non-hydrogen) atoms. The number of esters is 1. The van der Waals surface area contributed by atoms with Crippen LogP contribution in [-0.2, 0) is 20.7 Å². The quantitative estimate of drug-likeness (QED) is 0.497. The lowest BCUT2D eigenvalue weighted by Crippen LogP contribution is -2.39. The molecule has 0 N–H and O–H groups in total. The summed E-state index contributed by atoms with van der Waals surface area (Å²) in [5, 5.41) is 0.403. The number of carbonyl (C=O) groups excluding carboxylic acids is 2. The van der Waals surface area contributed by atoms with Crippen molar-refractivity contribution in [2.45, 2.75) is 24.7 Å². The van der Waals surface area contributed by atoms with E-state index in [1.165, 1.54) is 0 Å². The molecule has 2 heterocycles. The van der Waals surface area contributed by atoms with Crippen molar-refractivity contribution < 1.29 is 18.7 Å². The Bertz CT molecular complexity index is 967. The molecule has 6 nitrogen and oxygen atoms in total. The van der Waals surface area contributed by atoms with E-state index < -0.39 is 12.1 Å². The van der Waals surface area contributed by atoms with Crippen LogP contribution >= 0.6 is 11.8 Å². The number of anilines is 1. The number of hydrogen-bond donors (Lipinski definition) is 0. The van der Waals surface area contributed by atoms with Crippen LogP contribution < -0.4 is 4.90 Å². The van der Waals surface area contributed by atoms with E-state index in [2.05, 4.69) is 4.98 Å². The van der Waals surface area contributed by atoms with Crippen LogP contribution in [0.3, 0.4) is 0 Å². The Morgan fingerprint density at radius 1 is 1.22 bits per heavy atom. The lowest BCUT2D eigenvalue weighted by atomic mass is 10.2. The number of aromatic nitrogens is 1. The van der Waals surface area contributed by atoms with Gasteiger partial charge in [0.2, 0.25) is 0 Å². The number of hydrogen-bond acceptors (Lipinski definition) is 6. The predicted molar refractivity (Wildman–Crippen MR) is 103 cm³/mol. The van der Waals surface area contributed by atoms with Gasteiger partial charge in [0.05, 0.1) is 0 Å². The highest BCUT2D eigenvalue weighted by Crippen LogP contribution is 2.28. The number of para-hydroxylation sites is 3. The minimum absolute atomic E-state index is 0.0288. The Balaban J connectivity index is 1.33. The van der Waals surface area contributed by atoms with Gasteiger partial charge in [0.1, 0.15) is 11.3 Å². The molecule has 0 radical (unpaired) electrons. The van der Waals surface area contributed by atoms with Crippen molar-refractivity contribution in [2.24, 2.45) is 0 Å². The normalized spacial score (nSPS) is 14.2. The average molecular weight is 382 g/mol. The van der Waals surface area contributed by atoms with Gasteiger partial charge in [-0.2, -0.15) is 0 Å². The molecule has 0 unspecified atom stereocenters. The molecule has 1 atom stereocenters. The maximum absolute atomic E-state index is 12.6. The molecule has 7 heteroatoms. The third-order valence-corrected chi connectivity index (χ3v) is 5.20. The molecule has 4 rings (SSSR count). The van der Waals surface area contributed by atoms with Gasteiger partial charge in [-0.1, -0.05) is 42.1 Å². The minimum Gasteiger partial charge on any atom is -0.452 e. The SMILES string of the molecule is C[C@@H](OC(=O)CSc1nc2ccccc2o1)C(=O)N1CCc2ccccc21. The maximum Gasteiger partial charge on any atom is 0.317 e. The number of rotatable bonds is 5. The summed E-state index contributed by atoms with van der Waals surface area (Å²) in [6.07, 6.45) is -0.0243. The minimum atomic E-state index is -0.840. The first-order valence-corrected chi connectivity index (χ1v) is 9.67.